The molecule has 0 fully saturated rings. The summed E-state index contributed by atoms with van der Waals surface area (Å²) in [5, 5.41) is 0.737. The van der Waals surface area contributed by atoms with Crippen LogP contribution in [0.25, 0.3) is 5.69 Å². The van der Waals surface area contributed by atoms with Gasteiger partial charge < -0.3 is 9.64 Å². The second kappa shape index (κ2) is 8.93. The summed E-state index contributed by atoms with van der Waals surface area (Å²) in [6.45, 7) is 1.92. The molecular formula is C21H22FN3O2S. The zero-order valence-corrected chi connectivity index (χ0v) is 16.8. The van der Waals surface area contributed by atoms with E-state index in [0.717, 1.165) is 22.2 Å². The van der Waals surface area contributed by atoms with E-state index >= 15 is 0 Å². The van der Waals surface area contributed by atoms with Gasteiger partial charge in [-0.2, -0.15) is 0 Å². The van der Waals surface area contributed by atoms with E-state index in [9.17, 15) is 9.18 Å². The van der Waals surface area contributed by atoms with Crippen molar-refractivity contribution in [3.05, 3.63) is 72.3 Å². The molecule has 3 aromatic rings. The van der Waals surface area contributed by atoms with Crippen LogP contribution >= 0.6 is 11.8 Å². The Hall–Kier alpha value is -2.80. The van der Waals surface area contributed by atoms with Crippen LogP contribution in [0.3, 0.4) is 0 Å². The van der Waals surface area contributed by atoms with Gasteiger partial charge >= 0.3 is 0 Å². The van der Waals surface area contributed by atoms with Crippen molar-refractivity contribution in [2.75, 3.05) is 19.9 Å². The van der Waals surface area contributed by atoms with Crippen LogP contribution in [0.1, 0.15) is 18.5 Å². The first-order valence-corrected chi connectivity index (χ1v) is 9.80. The molecule has 7 heteroatoms. The number of methoxy groups -OCH3 is 1. The minimum atomic E-state index is -0.286. The number of aromatic nitrogens is 2. The van der Waals surface area contributed by atoms with Crippen LogP contribution in [0.5, 0.6) is 5.75 Å². The highest BCUT2D eigenvalue weighted by Crippen LogP contribution is 2.24. The summed E-state index contributed by atoms with van der Waals surface area (Å²) < 4.78 is 20.2. The van der Waals surface area contributed by atoms with Crippen molar-refractivity contribution < 1.29 is 13.9 Å². The molecule has 0 saturated carbocycles. The Labute approximate surface area is 168 Å². The lowest BCUT2D eigenvalue weighted by atomic mass is 10.1. The van der Waals surface area contributed by atoms with Crippen LogP contribution in [0.4, 0.5) is 4.39 Å². The zero-order chi connectivity index (χ0) is 20.1. The van der Waals surface area contributed by atoms with Gasteiger partial charge in [-0.1, -0.05) is 23.9 Å². The van der Waals surface area contributed by atoms with Gasteiger partial charge in [0.1, 0.15) is 11.6 Å². The number of carbonyl (C=O) groups is 1. The summed E-state index contributed by atoms with van der Waals surface area (Å²) >= 11 is 1.38. The van der Waals surface area contributed by atoms with Gasteiger partial charge in [0, 0.05) is 25.1 Å². The highest BCUT2D eigenvalue weighted by atomic mass is 32.2. The van der Waals surface area contributed by atoms with E-state index in [1.54, 1.807) is 37.4 Å². The smallest absolute Gasteiger partial charge is 0.233 e. The van der Waals surface area contributed by atoms with Crippen molar-refractivity contribution in [3.63, 3.8) is 0 Å². The van der Waals surface area contributed by atoms with Crippen LogP contribution in [0.2, 0.25) is 0 Å². The van der Waals surface area contributed by atoms with Crippen LogP contribution in [0, 0.1) is 5.82 Å². The number of halogens is 1. The molecule has 0 N–H and O–H groups in total. The van der Waals surface area contributed by atoms with E-state index in [1.807, 2.05) is 42.0 Å². The Morgan fingerprint density at radius 1 is 1.21 bits per heavy atom. The molecular weight excluding hydrogens is 377 g/mol. The van der Waals surface area contributed by atoms with Crippen molar-refractivity contribution >= 4 is 17.7 Å². The van der Waals surface area contributed by atoms with Crippen LogP contribution in [-0.2, 0) is 4.79 Å². The Kier molecular flexibility index (Phi) is 6.36. The van der Waals surface area contributed by atoms with Gasteiger partial charge in [0.2, 0.25) is 5.91 Å². The standard InChI is InChI=1S/C21H22FN3O2S/c1-15(16-4-6-17(22)7-5-16)24(2)20(26)14-28-21-23-12-13-25(21)18-8-10-19(27-3)11-9-18/h4-13,15H,14H2,1-3H3. The summed E-state index contributed by atoms with van der Waals surface area (Å²) in [5.74, 6) is 0.733. The van der Waals surface area contributed by atoms with E-state index in [4.69, 9.17) is 4.74 Å². The van der Waals surface area contributed by atoms with Gasteiger partial charge in [-0.25, -0.2) is 9.37 Å². The average Bonchev–Trinajstić information content (AvgIpc) is 3.20. The number of hydrogen-bond acceptors (Lipinski definition) is 4. The fourth-order valence-corrected chi connectivity index (χ4v) is 3.64. The second-order valence-electron chi connectivity index (χ2n) is 6.30. The summed E-state index contributed by atoms with van der Waals surface area (Å²) in [4.78, 5) is 18.7. The van der Waals surface area contributed by atoms with E-state index in [0.29, 0.717) is 0 Å². The Morgan fingerprint density at radius 3 is 2.54 bits per heavy atom. The maximum atomic E-state index is 13.1. The third-order valence-corrected chi connectivity index (χ3v) is 5.56. The molecule has 5 nitrogen and oxygen atoms in total. The summed E-state index contributed by atoms with van der Waals surface area (Å²) in [6, 6.07) is 13.7. The normalized spacial score (nSPS) is 11.9. The quantitative estimate of drug-likeness (QED) is 0.555. The van der Waals surface area contributed by atoms with Crippen LogP contribution in [-0.4, -0.2) is 40.3 Å². The lowest BCUT2D eigenvalue weighted by molar-refractivity contribution is -0.128. The molecule has 0 aliphatic carbocycles. The van der Waals surface area contributed by atoms with Crippen molar-refractivity contribution in [1.29, 1.82) is 0 Å². The minimum Gasteiger partial charge on any atom is -0.497 e. The van der Waals surface area contributed by atoms with Crippen molar-refractivity contribution in [2.24, 2.45) is 0 Å². The topological polar surface area (TPSA) is 47.4 Å². The lowest BCUT2D eigenvalue weighted by Crippen LogP contribution is -2.31. The number of imidazole rings is 1. The molecule has 0 aliphatic rings. The molecule has 0 aliphatic heterocycles. The number of carbonyl (C=O) groups excluding carboxylic acids is 1. The second-order valence-corrected chi connectivity index (χ2v) is 7.24. The maximum Gasteiger partial charge on any atom is 0.233 e. The van der Waals surface area contributed by atoms with Crippen LogP contribution in [0.15, 0.2) is 66.1 Å². The lowest BCUT2D eigenvalue weighted by Gasteiger charge is -2.25. The molecule has 0 radical (unpaired) electrons. The molecule has 0 bridgehead atoms. The van der Waals surface area contributed by atoms with Crippen molar-refractivity contribution in [1.82, 2.24) is 14.5 Å². The molecule has 2 aromatic carbocycles. The van der Waals surface area contributed by atoms with Crippen LogP contribution < -0.4 is 4.74 Å². The third-order valence-electron chi connectivity index (χ3n) is 4.61. The molecule has 28 heavy (non-hydrogen) atoms. The van der Waals surface area contributed by atoms with Gasteiger partial charge in [0.05, 0.1) is 18.9 Å². The van der Waals surface area contributed by atoms with Gasteiger partial charge in [0.25, 0.3) is 0 Å². The highest BCUT2D eigenvalue weighted by molar-refractivity contribution is 7.99. The fourth-order valence-electron chi connectivity index (χ4n) is 2.74. The minimum absolute atomic E-state index is 0.0221. The number of hydrogen-bond donors (Lipinski definition) is 0. The van der Waals surface area contributed by atoms with Crippen molar-refractivity contribution in [2.45, 2.75) is 18.1 Å². The first-order chi connectivity index (χ1) is 13.5. The number of ether oxygens (including phenoxy) is 1. The molecule has 1 heterocycles. The van der Waals surface area contributed by atoms with Gasteiger partial charge in [-0.3, -0.25) is 9.36 Å². The predicted molar refractivity (Wildman–Crippen MR) is 108 cm³/mol. The molecule has 1 unspecified atom stereocenters. The van der Waals surface area contributed by atoms with Gasteiger partial charge in [-0.15, -0.1) is 0 Å². The number of amides is 1. The third kappa shape index (κ3) is 4.54. The van der Waals surface area contributed by atoms with E-state index in [-0.39, 0.29) is 23.5 Å². The molecule has 3 rings (SSSR count). The van der Waals surface area contributed by atoms with E-state index in [1.165, 1.54) is 23.9 Å². The average molecular weight is 399 g/mol. The number of nitrogens with zero attached hydrogens (tertiary/aromatic N) is 3. The number of rotatable bonds is 7. The molecule has 1 atom stereocenters. The maximum absolute atomic E-state index is 13.1. The van der Waals surface area contributed by atoms with Gasteiger partial charge in [0.15, 0.2) is 5.16 Å². The molecule has 0 saturated heterocycles. The van der Waals surface area contributed by atoms with Gasteiger partial charge in [-0.05, 0) is 48.9 Å². The predicted octanol–water partition coefficient (Wildman–Crippen LogP) is 4.33. The highest BCUT2D eigenvalue weighted by Gasteiger charge is 2.18. The summed E-state index contributed by atoms with van der Waals surface area (Å²) in [5.41, 5.74) is 1.84. The monoisotopic (exact) mass is 399 g/mol. The summed E-state index contributed by atoms with van der Waals surface area (Å²) in [6.07, 6.45) is 3.57. The SMILES string of the molecule is COc1ccc(-n2ccnc2SCC(=O)N(C)C(C)c2ccc(F)cc2)cc1. The molecule has 146 valence electrons. The Balaban J connectivity index is 1.64. The van der Waals surface area contributed by atoms with Crippen molar-refractivity contribution in [3.8, 4) is 11.4 Å². The largest absolute Gasteiger partial charge is 0.497 e. The fraction of sp³-hybridized carbons (Fsp3) is 0.238. The number of thioether (sulfide) groups is 1. The molecule has 1 aromatic heterocycles. The first kappa shape index (κ1) is 19.9. The molecule has 0 spiro atoms. The van der Waals surface area contributed by atoms with E-state index < -0.39 is 0 Å². The first-order valence-electron chi connectivity index (χ1n) is 8.81. The Bertz CT molecular complexity index is 926. The Morgan fingerprint density at radius 2 is 1.89 bits per heavy atom. The summed E-state index contributed by atoms with van der Waals surface area (Å²) in [7, 11) is 3.38. The number of benzene rings is 2. The van der Waals surface area contributed by atoms with E-state index in [2.05, 4.69) is 4.98 Å². The zero-order valence-electron chi connectivity index (χ0n) is 16.0. The molecule has 1 amide bonds.